The van der Waals surface area contributed by atoms with Crippen LogP contribution < -0.4 is 10.6 Å². The van der Waals surface area contributed by atoms with E-state index in [1.165, 1.54) is 12.8 Å². The standard InChI is InChI=1S/C16H24N2O/c1-12(2)16(8-9-16)11-17-10-14-6-4-5-7-15(14)18-13(3)19/h4-7,12,17H,8-11H2,1-3H3,(H,18,19). The van der Waals surface area contributed by atoms with E-state index in [0.29, 0.717) is 5.41 Å². The van der Waals surface area contributed by atoms with Crippen molar-refractivity contribution in [1.82, 2.24) is 5.32 Å². The summed E-state index contributed by atoms with van der Waals surface area (Å²) in [5.41, 5.74) is 2.58. The first kappa shape index (κ1) is 14.1. The zero-order valence-corrected chi connectivity index (χ0v) is 12.1. The van der Waals surface area contributed by atoms with Gasteiger partial charge in [0.05, 0.1) is 0 Å². The number of rotatable bonds is 6. The molecule has 0 atom stereocenters. The molecule has 0 bridgehead atoms. The molecule has 0 aliphatic heterocycles. The highest BCUT2D eigenvalue weighted by Gasteiger charge is 2.44. The van der Waals surface area contributed by atoms with Crippen molar-refractivity contribution >= 4 is 11.6 Å². The van der Waals surface area contributed by atoms with Crippen LogP contribution in [0, 0.1) is 11.3 Å². The fourth-order valence-corrected chi connectivity index (χ4v) is 2.55. The number of anilines is 1. The fraction of sp³-hybridized carbons (Fsp3) is 0.562. The molecule has 1 fully saturated rings. The van der Waals surface area contributed by atoms with E-state index in [4.69, 9.17) is 0 Å². The first-order chi connectivity index (χ1) is 9.03. The number of nitrogens with one attached hydrogen (secondary N) is 2. The maximum atomic E-state index is 11.2. The first-order valence-electron chi connectivity index (χ1n) is 7.10. The molecule has 0 spiro atoms. The van der Waals surface area contributed by atoms with Gasteiger partial charge in [-0.25, -0.2) is 0 Å². The molecule has 0 aromatic heterocycles. The van der Waals surface area contributed by atoms with Gasteiger partial charge in [0.15, 0.2) is 0 Å². The molecular formula is C16H24N2O. The van der Waals surface area contributed by atoms with Crippen molar-refractivity contribution in [3.8, 4) is 0 Å². The largest absolute Gasteiger partial charge is 0.326 e. The number of hydrogen-bond donors (Lipinski definition) is 2. The minimum atomic E-state index is -0.0201. The lowest BCUT2D eigenvalue weighted by Gasteiger charge is -2.20. The predicted molar refractivity (Wildman–Crippen MR) is 79.0 cm³/mol. The average molecular weight is 260 g/mol. The van der Waals surface area contributed by atoms with E-state index in [1.807, 2.05) is 18.2 Å². The van der Waals surface area contributed by atoms with Crippen molar-refractivity contribution in [3.63, 3.8) is 0 Å². The molecule has 0 heterocycles. The summed E-state index contributed by atoms with van der Waals surface area (Å²) in [6.45, 7) is 8.03. The van der Waals surface area contributed by atoms with Crippen molar-refractivity contribution in [2.45, 2.75) is 40.2 Å². The molecule has 0 radical (unpaired) electrons. The Morgan fingerprint density at radius 2 is 2.00 bits per heavy atom. The van der Waals surface area contributed by atoms with E-state index < -0.39 is 0 Å². The summed E-state index contributed by atoms with van der Waals surface area (Å²) in [6.07, 6.45) is 2.68. The van der Waals surface area contributed by atoms with Crippen molar-refractivity contribution in [3.05, 3.63) is 29.8 Å². The number of carbonyl (C=O) groups excluding carboxylic acids is 1. The second-order valence-corrected chi connectivity index (χ2v) is 5.96. The van der Waals surface area contributed by atoms with Gasteiger partial charge in [0, 0.05) is 25.7 Å². The van der Waals surface area contributed by atoms with E-state index in [-0.39, 0.29) is 5.91 Å². The van der Waals surface area contributed by atoms with Crippen LogP contribution in [-0.4, -0.2) is 12.5 Å². The lowest BCUT2D eigenvalue weighted by Crippen LogP contribution is -2.27. The predicted octanol–water partition coefficient (Wildman–Crippen LogP) is 3.17. The Balaban J connectivity index is 1.91. The zero-order valence-electron chi connectivity index (χ0n) is 12.1. The highest BCUT2D eigenvalue weighted by atomic mass is 16.1. The Kier molecular flexibility index (Phi) is 4.25. The maximum absolute atomic E-state index is 11.2. The smallest absolute Gasteiger partial charge is 0.221 e. The summed E-state index contributed by atoms with van der Waals surface area (Å²) in [5.74, 6) is 0.721. The Morgan fingerprint density at radius 3 is 2.58 bits per heavy atom. The van der Waals surface area contributed by atoms with E-state index >= 15 is 0 Å². The monoisotopic (exact) mass is 260 g/mol. The molecule has 3 nitrogen and oxygen atoms in total. The number of amides is 1. The third-order valence-corrected chi connectivity index (χ3v) is 4.24. The molecular weight excluding hydrogens is 236 g/mol. The van der Waals surface area contributed by atoms with Gasteiger partial charge in [-0.15, -0.1) is 0 Å². The highest BCUT2D eigenvalue weighted by molar-refractivity contribution is 5.89. The molecule has 104 valence electrons. The van der Waals surface area contributed by atoms with Crippen molar-refractivity contribution in [2.24, 2.45) is 11.3 Å². The summed E-state index contributed by atoms with van der Waals surface area (Å²) >= 11 is 0. The minimum Gasteiger partial charge on any atom is -0.326 e. The van der Waals surface area contributed by atoms with Gasteiger partial charge in [0.2, 0.25) is 5.91 Å². The Labute approximate surface area is 115 Å². The molecule has 1 aromatic rings. The van der Waals surface area contributed by atoms with Crippen LogP contribution in [0.25, 0.3) is 0 Å². The van der Waals surface area contributed by atoms with Gasteiger partial charge in [-0.2, -0.15) is 0 Å². The van der Waals surface area contributed by atoms with E-state index in [0.717, 1.165) is 30.3 Å². The van der Waals surface area contributed by atoms with E-state index in [2.05, 4.69) is 30.5 Å². The van der Waals surface area contributed by atoms with Gasteiger partial charge in [-0.3, -0.25) is 4.79 Å². The zero-order chi connectivity index (χ0) is 13.9. The molecule has 1 aromatic carbocycles. The van der Waals surface area contributed by atoms with Crippen molar-refractivity contribution in [2.75, 3.05) is 11.9 Å². The molecule has 1 saturated carbocycles. The lowest BCUT2D eigenvalue weighted by atomic mass is 9.92. The maximum Gasteiger partial charge on any atom is 0.221 e. The third-order valence-electron chi connectivity index (χ3n) is 4.24. The molecule has 1 aliphatic carbocycles. The normalized spacial score (nSPS) is 16.4. The number of benzene rings is 1. The summed E-state index contributed by atoms with van der Waals surface area (Å²) < 4.78 is 0. The van der Waals surface area contributed by atoms with Gasteiger partial charge >= 0.3 is 0 Å². The van der Waals surface area contributed by atoms with Crippen LogP contribution in [0.4, 0.5) is 5.69 Å². The molecule has 3 heteroatoms. The van der Waals surface area contributed by atoms with Crippen LogP contribution in [0.3, 0.4) is 0 Å². The van der Waals surface area contributed by atoms with Crippen molar-refractivity contribution in [1.29, 1.82) is 0 Å². The Morgan fingerprint density at radius 1 is 1.32 bits per heavy atom. The Bertz CT molecular complexity index is 450. The van der Waals surface area contributed by atoms with Crippen LogP contribution >= 0.6 is 0 Å². The molecule has 2 rings (SSSR count). The van der Waals surface area contributed by atoms with Gasteiger partial charge in [-0.05, 0) is 35.8 Å². The molecule has 0 saturated heterocycles. The molecule has 19 heavy (non-hydrogen) atoms. The molecule has 0 unspecified atom stereocenters. The summed E-state index contributed by atoms with van der Waals surface area (Å²) in [7, 11) is 0. The number of hydrogen-bond acceptors (Lipinski definition) is 2. The van der Waals surface area contributed by atoms with Crippen molar-refractivity contribution < 1.29 is 4.79 Å². The summed E-state index contributed by atoms with van der Waals surface area (Å²) in [4.78, 5) is 11.2. The summed E-state index contributed by atoms with van der Waals surface area (Å²) in [5, 5.41) is 6.43. The second kappa shape index (κ2) is 5.74. The number of carbonyl (C=O) groups is 1. The van der Waals surface area contributed by atoms with Crippen LogP contribution in [0.15, 0.2) is 24.3 Å². The molecule has 1 amide bonds. The van der Waals surface area contributed by atoms with Gasteiger partial charge in [0.25, 0.3) is 0 Å². The number of para-hydroxylation sites is 1. The van der Waals surface area contributed by atoms with Crippen LogP contribution in [0.5, 0.6) is 0 Å². The average Bonchev–Trinajstić information content (AvgIpc) is 3.12. The third kappa shape index (κ3) is 3.57. The van der Waals surface area contributed by atoms with Gasteiger partial charge in [-0.1, -0.05) is 32.0 Å². The van der Waals surface area contributed by atoms with Gasteiger partial charge < -0.3 is 10.6 Å². The molecule has 1 aliphatic rings. The Hall–Kier alpha value is -1.35. The van der Waals surface area contributed by atoms with Crippen LogP contribution in [-0.2, 0) is 11.3 Å². The van der Waals surface area contributed by atoms with E-state index in [9.17, 15) is 4.79 Å². The highest BCUT2D eigenvalue weighted by Crippen LogP contribution is 2.51. The van der Waals surface area contributed by atoms with E-state index in [1.54, 1.807) is 6.92 Å². The minimum absolute atomic E-state index is 0.0201. The quantitative estimate of drug-likeness (QED) is 0.825. The SMILES string of the molecule is CC(=O)Nc1ccccc1CNCC1(C(C)C)CC1. The van der Waals surface area contributed by atoms with Crippen LogP contribution in [0.2, 0.25) is 0 Å². The first-order valence-corrected chi connectivity index (χ1v) is 7.10. The lowest BCUT2D eigenvalue weighted by molar-refractivity contribution is -0.114. The molecule has 2 N–H and O–H groups in total. The summed E-state index contributed by atoms with van der Waals surface area (Å²) in [6, 6.07) is 7.98. The van der Waals surface area contributed by atoms with Gasteiger partial charge in [0.1, 0.15) is 0 Å². The van der Waals surface area contributed by atoms with Crippen LogP contribution in [0.1, 0.15) is 39.2 Å². The second-order valence-electron chi connectivity index (χ2n) is 5.96. The fourth-order valence-electron chi connectivity index (χ4n) is 2.55. The topological polar surface area (TPSA) is 41.1 Å².